The maximum atomic E-state index is 11.9. The van der Waals surface area contributed by atoms with Crippen molar-refractivity contribution >= 4 is 5.91 Å². The lowest BCUT2D eigenvalue weighted by Crippen LogP contribution is -2.37. The second kappa shape index (κ2) is 4.26. The highest BCUT2D eigenvalue weighted by Gasteiger charge is 2.39. The first kappa shape index (κ1) is 11.1. The fraction of sp³-hybridized carbons (Fsp3) is 0.462. The number of likely N-dealkylation sites (tertiary alicyclic amines) is 1. The van der Waals surface area contributed by atoms with E-state index in [9.17, 15) is 4.79 Å². The van der Waals surface area contributed by atoms with Crippen LogP contribution in [0.5, 0.6) is 0 Å². The van der Waals surface area contributed by atoms with E-state index in [1.165, 1.54) is 0 Å². The molecule has 0 bridgehead atoms. The van der Waals surface area contributed by atoms with Crippen LogP contribution in [0.4, 0.5) is 0 Å². The summed E-state index contributed by atoms with van der Waals surface area (Å²) in [6.45, 7) is 4.07. The van der Waals surface area contributed by atoms with Gasteiger partial charge in [-0.15, -0.1) is 0 Å². The second-order valence-electron chi connectivity index (χ2n) is 4.62. The molecule has 2 rings (SSSR count). The monoisotopic (exact) mass is 218 g/mol. The van der Waals surface area contributed by atoms with Crippen LogP contribution in [0, 0.1) is 0 Å². The van der Waals surface area contributed by atoms with Crippen LogP contribution in [-0.2, 0) is 4.79 Å². The zero-order valence-corrected chi connectivity index (χ0v) is 9.76. The van der Waals surface area contributed by atoms with Crippen LogP contribution < -0.4 is 5.73 Å². The van der Waals surface area contributed by atoms with Crippen molar-refractivity contribution in [2.75, 3.05) is 0 Å². The quantitative estimate of drug-likeness (QED) is 0.821. The van der Waals surface area contributed by atoms with Gasteiger partial charge in [0, 0.05) is 18.5 Å². The molecule has 2 unspecified atom stereocenters. The average molecular weight is 218 g/mol. The van der Waals surface area contributed by atoms with E-state index in [2.05, 4.69) is 0 Å². The van der Waals surface area contributed by atoms with Gasteiger partial charge in [0.15, 0.2) is 0 Å². The van der Waals surface area contributed by atoms with Crippen molar-refractivity contribution in [1.29, 1.82) is 0 Å². The van der Waals surface area contributed by atoms with Crippen molar-refractivity contribution in [2.45, 2.75) is 38.4 Å². The van der Waals surface area contributed by atoms with E-state index in [4.69, 9.17) is 5.73 Å². The fourth-order valence-corrected chi connectivity index (χ4v) is 2.45. The van der Waals surface area contributed by atoms with Crippen molar-refractivity contribution in [3.05, 3.63) is 35.9 Å². The molecule has 1 fully saturated rings. The third-order valence-corrected chi connectivity index (χ3v) is 3.10. The van der Waals surface area contributed by atoms with Gasteiger partial charge >= 0.3 is 0 Å². The summed E-state index contributed by atoms with van der Waals surface area (Å²) in [7, 11) is 0. The highest BCUT2D eigenvalue weighted by atomic mass is 16.2. The molecule has 2 atom stereocenters. The van der Waals surface area contributed by atoms with Crippen LogP contribution in [0.15, 0.2) is 30.3 Å². The number of carbonyl (C=O) groups excluding carboxylic acids is 1. The zero-order chi connectivity index (χ0) is 11.7. The van der Waals surface area contributed by atoms with E-state index in [1.54, 1.807) is 0 Å². The molecule has 1 amide bonds. The Morgan fingerprint density at radius 1 is 1.31 bits per heavy atom. The maximum absolute atomic E-state index is 11.9. The first-order valence-electron chi connectivity index (χ1n) is 5.73. The van der Waals surface area contributed by atoms with Gasteiger partial charge in [0.1, 0.15) is 0 Å². The predicted molar refractivity (Wildman–Crippen MR) is 63.8 cm³/mol. The van der Waals surface area contributed by atoms with Crippen LogP contribution in [0.2, 0.25) is 0 Å². The van der Waals surface area contributed by atoms with Crippen molar-refractivity contribution in [1.82, 2.24) is 4.90 Å². The van der Waals surface area contributed by atoms with E-state index in [-0.39, 0.29) is 24.0 Å². The number of hydrogen-bond acceptors (Lipinski definition) is 2. The van der Waals surface area contributed by atoms with Gasteiger partial charge in [-0.25, -0.2) is 0 Å². The molecule has 0 spiro atoms. The first-order valence-corrected chi connectivity index (χ1v) is 5.73. The van der Waals surface area contributed by atoms with Crippen LogP contribution in [0.3, 0.4) is 0 Å². The summed E-state index contributed by atoms with van der Waals surface area (Å²) in [6, 6.07) is 10.2. The minimum Gasteiger partial charge on any atom is -0.332 e. The van der Waals surface area contributed by atoms with Gasteiger partial charge in [-0.2, -0.15) is 0 Å². The smallest absolute Gasteiger partial charge is 0.225 e. The summed E-state index contributed by atoms with van der Waals surface area (Å²) >= 11 is 0. The predicted octanol–water partition coefficient (Wildman–Crippen LogP) is 1.70. The summed E-state index contributed by atoms with van der Waals surface area (Å²) in [5.74, 6) is 0.163. The van der Waals surface area contributed by atoms with Crippen LogP contribution in [0.1, 0.15) is 31.9 Å². The molecule has 3 heteroatoms. The zero-order valence-electron chi connectivity index (χ0n) is 9.76. The van der Waals surface area contributed by atoms with Gasteiger partial charge in [-0.3, -0.25) is 4.79 Å². The van der Waals surface area contributed by atoms with Gasteiger partial charge in [-0.05, 0) is 19.4 Å². The molecule has 1 aromatic carbocycles. The molecule has 0 aliphatic carbocycles. The Labute approximate surface area is 96.2 Å². The molecule has 0 radical (unpaired) electrons. The SMILES string of the molecule is CC(C)N1C(=O)CC(N)C1c1ccccc1. The molecular weight excluding hydrogens is 200 g/mol. The third kappa shape index (κ3) is 1.83. The molecule has 1 aliphatic heterocycles. The minimum absolute atomic E-state index is 0.0358. The Morgan fingerprint density at radius 2 is 1.94 bits per heavy atom. The van der Waals surface area contributed by atoms with Crippen LogP contribution in [0.25, 0.3) is 0 Å². The largest absolute Gasteiger partial charge is 0.332 e. The van der Waals surface area contributed by atoms with Crippen molar-refractivity contribution in [2.24, 2.45) is 5.73 Å². The normalized spacial score (nSPS) is 25.5. The molecule has 1 aliphatic rings. The van der Waals surface area contributed by atoms with E-state index in [0.717, 1.165) is 5.56 Å². The number of amides is 1. The van der Waals surface area contributed by atoms with Gasteiger partial charge in [0.2, 0.25) is 5.91 Å². The van der Waals surface area contributed by atoms with Crippen molar-refractivity contribution in [3.63, 3.8) is 0 Å². The van der Waals surface area contributed by atoms with E-state index in [1.807, 2.05) is 49.1 Å². The Hall–Kier alpha value is -1.35. The lowest BCUT2D eigenvalue weighted by atomic mass is 10.0. The van der Waals surface area contributed by atoms with E-state index < -0.39 is 0 Å². The van der Waals surface area contributed by atoms with E-state index in [0.29, 0.717) is 6.42 Å². The number of nitrogens with zero attached hydrogens (tertiary/aromatic N) is 1. The minimum atomic E-state index is -0.0858. The van der Waals surface area contributed by atoms with Gasteiger partial charge < -0.3 is 10.6 Å². The molecule has 1 saturated heterocycles. The molecule has 1 heterocycles. The molecule has 86 valence electrons. The van der Waals surface area contributed by atoms with Crippen LogP contribution in [-0.4, -0.2) is 22.9 Å². The maximum Gasteiger partial charge on any atom is 0.225 e. The molecular formula is C13H18N2O. The number of carbonyl (C=O) groups is 1. The summed E-state index contributed by atoms with van der Waals surface area (Å²) in [5.41, 5.74) is 7.20. The third-order valence-electron chi connectivity index (χ3n) is 3.10. The van der Waals surface area contributed by atoms with Gasteiger partial charge in [0.25, 0.3) is 0 Å². The van der Waals surface area contributed by atoms with Gasteiger partial charge in [0.05, 0.1) is 6.04 Å². The Morgan fingerprint density at radius 3 is 2.50 bits per heavy atom. The highest BCUT2D eigenvalue weighted by Crippen LogP contribution is 2.33. The molecule has 0 saturated carbocycles. The summed E-state index contributed by atoms with van der Waals surface area (Å²) in [6.07, 6.45) is 0.456. The highest BCUT2D eigenvalue weighted by molar-refractivity contribution is 5.80. The van der Waals surface area contributed by atoms with E-state index >= 15 is 0 Å². The molecule has 0 aromatic heterocycles. The average Bonchev–Trinajstić information content (AvgIpc) is 2.55. The molecule has 16 heavy (non-hydrogen) atoms. The molecule has 2 N–H and O–H groups in total. The Bertz CT molecular complexity index is 375. The summed E-state index contributed by atoms with van der Waals surface area (Å²) < 4.78 is 0. The number of nitrogens with two attached hydrogens (primary N) is 1. The Kier molecular flexibility index (Phi) is 2.97. The second-order valence-corrected chi connectivity index (χ2v) is 4.62. The number of benzene rings is 1. The topological polar surface area (TPSA) is 46.3 Å². The molecule has 1 aromatic rings. The van der Waals surface area contributed by atoms with Gasteiger partial charge in [-0.1, -0.05) is 30.3 Å². The van der Waals surface area contributed by atoms with Crippen LogP contribution >= 0.6 is 0 Å². The lowest BCUT2D eigenvalue weighted by molar-refractivity contribution is -0.130. The first-order chi connectivity index (χ1) is 7.61. The Balaban J connectivity index is 2.34. The fourth-order valence-electron chi connectivity index (χ4n) is 2.45. The number of rotatable bonds is 2. The number of hydrogen-bond donors (Lipinski definition) is 1. The van der Waals surface area contributed by atoms with Crippen molar-refractivity contribution < 1.29 is 4.79 Å². The summed E-state index contributed by atoms with van der Waals surface area (Å²) in [4.78, 5) is 13.8. The standard InChI is InChI=1S/C13H18N2O/c1-9(2)15-12(16)8-11(14)13(15)10-6-4-3-5-7-10/h3-7,9,11,13H,8,14H2,1-2H3. The van der Waals surface area contributed by atoms with Crippen molar-refractivity contribution in [3.8, 4) is 0 Å². The summed E-state index contributed by atoms with van der Waals surface area (Å²) in [5, 5.41) is 0. The molecule has 3 nitrogen and oxygen atoms in total. The lowest BCUT2D eigenvalue weighted by Gasteiger charge is -2.30.